The maximum absolute atomic E-state index is 14.9. The fraction of sp³-hybridized carbons (Fsp3) is 0.750. The molecule has 5 saturated carbocycles. The Bertz CT molecular complexity index is 1380. The van der Waals surface area contributed by atoms with Gasteiger partial charge in [0.15, 0.2) is 0 Å². The molecule has 5 aliphatic carbocycles. The molecule has 9 atom stereocenters. The smallest absolute Gasteiger partial charge is 0.229 e. The molecule has 6 aliphatic rings. The van der Waals surface area contributed by atoms with Crippen LogP contribution in [-0.2, 0) is 9.59 Å². The number of hydrogen-bond acceptors (Lipinski definition) is 3. The molecule has 6 fully saturated rings. The standard InChI is InChI=1S/C40H57FN2O2/c1-26(2)29-14-19-40(35(45)43-24-22-42(23-25-43)28-10-8-27(41)9-11-28)21-20-38(6)30(34(29)40)12-13-32-37(5)17-16-33(44)36(3,4)31(37)15-18-39(32,38)7/h8-11,29-32,34H,1,12-25H2,2-7H3/t29-,30?,31?,32+,34+,37-,38+,39+,40-/m0/s1. The summed E-state index contributed by atoms with van der Waals surface area (Å²) in [4.78, 5) is 32.5. The van der Waals surface area contributed by atoms with E-state index in [-0.39, 0.29) is 32.9 Å². The van der Waals surface area contributed by atoms with E-state index in [1.807, 2.05) is 12.1 Å². The number of piperazine rings is 1. The van der Waals surface area contributed by atoms with Crippen molar-refractivity contribution in [1.82, 2.24) is 4.90 Å². The molecule has 246 valence electrons. The molecule has 2 unspecified atom stereocenters. The molecule has 1 saturated heterocycles. The van der Waals surface area contributed by atoms with Gasteiger partial charge in [-0.05, 0) is 135 Å². The molecule has 4 nitrogen and oxygen atoms in total. The molecule has 45 heavy (non-hydrogen) atoms. The van der Waals surface area contributed by atoms with Gasteiger partial charge in [0.2, 0.25) is 5.91 Å². The molecule has 0 N–H and O–H groups in total. The normalized spacial score (nSPS) is 44.0. The number of anilines is 1. The number of halogens is 1. The van der Waals surface area contributed by atoms with Gasteiger partial charge in [0.05, 0.1) is 5.41 Å². The topological polar surface area (TPSA) is 40.6 Å². The molecular formula is C40H57FN2O2. The average Bonchev–Trinajstić information content (AvgIpc) is 3.41. The van der Waals surface area contributed by atoms with Gasteiger partial charge < -0.3 is 9.80 Å². The van der Waals surface area contributed by atoms with Gasteiger partial charge in [-0.2, -0.15) is 0 Å². The van der Waals surface area contributed by atoms with Crippen molar-refractivity contribution in [3.63, 3.8) is 0 Å². The fourth-order valence-corrected chi connectivity index (χ4v) is 13.4. The summed E-state index contributed by atoms with van der Waals surface area (Å²) >= 11 is 0. The molecule has 1 aromatic carbocycles. The lowest BCUT2D eigenvalue weighted by Crippen LogP contribution is -2.67. The predicted molar refractivity (Wildman–Crippen MR) is 179 cm³/mol. The van der Waals surface area contributed by atoms with Gasteiger partial charge in [0.1, 0.15) is 11.6 Å². The highest BCUT2D eigenvalue weighted by atomic mass is 19.1. The van der Waals surface area contributed by atoms with E-state index < -0.39 is 0 Å². The first-order valence-electron chi connectivity index (χ1n) is 18.2. The number of hydrogen-bond donors (Lipinski definition) is 0. The Morgan fingerprint density at radius 3 is 2.18 bits per heavy atom. The molecule has 0 aromatic heterocycles. The van der Waals surface area contributed by atoms with Crippen molar-refractivity contribution in [2.24, 2.45) is 56.7 Å². The Kier molecular flexibility index (Phi) is 7.27. The average molecular weight is 617 g/mol. The third kappa shape index (κ3) is 4.26. The number of Topliss-reactive ketones (excluding diaryl/α,β-unsaturated/α-hetero) is 1. The highest BCUT2D eigenvalue weighted by molar-refractivity contribution is 5.86. The van der Waals surface area contributed by atoms with Crippen LogP contribution in [0.25, 0.3) is 0 Å². The number of benzene rings is 1. The second-order valence-electron chi connectivity index (χ2n) is 17.7. The Morgan fingerprint density at radius 2 is 1.51 bits per heavy atom. The maximum atomic E-state index is 14.9. The van der Waals surface area contributed by atoms with Crippen molar-refractivity contribution in [3.05, 3.63) is 42.2 Å². The molecule has 5 heteroatoms. The van der Waals surface area contributed by atoms with Crippen LogP contribution in [0.4, 0.5) is 10.1 Å². The van der Waals surface area contributed by atoms with Crippen LogP contribution in [-0.4, -0.2) is 42.8 Å². The Labute approximate surface area is 271 Å². The quantitative estimate of drug-likeness (QED) is 0.319. The van der Waals surface area contributed by atoms with Crippen LogP contribution in [0.5, 0.6) is 0 Å². The van der Waals surface area contributed by atoms with E-state index in [9.17, 15) is 14.0 Å². The molecule has 1 heterocycles. The first kappa shape index (κ1) is 31.4. The van der Waals surface area contributed by atoms with Gasteiger partial charge >= 0.3 is 0 Å². The summed E-state index contributed by atoms with van der Waals surface area (Å²) in [5.74, 6) is 3.08. The van der Waals surface area contributed by atoms with Crippen molar-refractivity contribution in [3.8, 4) is 0 Å². The van der Waals surface area contributed by atoms with Gasteiger partial charge in [-0.25, -0.2) is 4.39 Å². The van der Waals surface area contributed by atoms with Crippen LogP contribution in [0.2, 0.25) is 0 Å². The Balaban J connectivity index is 1.17. The first-order chi connectivity index (χ1) is 21.2. The highest BCUT2D eigenvalue weighted by Crippen LogP contribution is 2.77. The fourth-order valence-electron chi connectivity index (χ4n) is 13.4. The lowest BCUT2D eigenvalue weighted by Gasteiger charge is -2.72. The van der Waals surface area contributed by atoms with Gasteiger partial charge in [-0.1, -0.05) is 46.8 Å². The highest BCUT2D eigenvalue weighted by Gasteiger charge is 2.72. The van der Waals surface area contributed by atoms with Crippen LogP contribution in [0.3, 0.4) is 0 Å². The Morgan fingerprint density at radius 1 is 0.822 bits per heavy atom. The number of amides is 1. The van der Waals surface area contributed by atoms with E-state index in [2.05, 4.69) is 57.9 Å². The second-order valence-corrected chi connectivity index (χ2v) is 17.7. The summed E-state index contributed by atoms with van der Waals surface area (Å²) < 4.78 is 13.5. The van der Waals surface area contributed by atoms with Crippen LogP contribution in [0.1, 0.15) is 106 Å². The van der Waals surface area contributed by atoms with Crippen molar-refractivity contribution in [2.45, 2.75) is 106 Å². The van der Waals surface area contributed by atoms with Crippen molar-refractivity contribution in [2.75, 3.05) is 31.1 Å². The SMILES string of the molecule is C=C(C)[C@@H]1CC[C@]2(C(=O)N3CCN(c4ccc(F)cc4)CC3)CC[C@]3(C)C(CC[C@@H]4[C@@]5(C)CCC(=O)C(C)(C)C5CC[C@]43C)[C@@H]12. The van der Waals surface area contributed by atoms with Crippen molar-refractivity contribution >= 4 is 17.4 Å². The lowest BCUT2D eigenvalue weighted by molar-refractivity contribution is -0.234. The van der Waals surface area contributed by atoms with Crippen LogP contribution in [0.15, 0.2) is 36.4 Å². The number of allylic oxidation sites excluding steroid dienone is 1. The summed E-state index contributed by atoms with van der Waals surface area (Å²) in [6, 6.07) is 6.77. The maximum Gasteiger partial charge on any atom is 0.229 e. The van der Waals surface area contributed by atoms with E-state index in [1.54, 1.807) is 0 Å². The zero-order valence-electron chi connectivity index (χ0n) is 28.9. The minimum absolute atomic E-state index is 0.184. The minimum atomic E-state index is -0.282. The molecule has 7 rings (SSSR count). The zero-order chi connectivity index (χ0) is 32.2. The number of carbonyl (C=O) groups is 2. The largest absolute Gasteiger partial charge is 0.368 e. The third-order valence-corrected chi connectivity index (χ3v) is 16.0. The summed E-state index contributed by atoms with van der Waals surface area (Å²) in [5, 5.41) is 0. The molecular weight excluding hydrogens is 559 g/mol. The van der Waals surface area contributed by atoms with E-state index >= 15 is 0 Å². The molecule has 0 spiro atoms. The molecule has 0 radical (unpaired) electrons. The molecule has 1 amide bonds. The number of fused-ring (bicyclic) bond motifs is 7. The number of ketones is 1. The van der Waals surface area contributed by atoms with E-state index in [0.29, 0.717) is 41.3 Å². The van der Waals surface area contributed by atoms with Gasteiger partial charge in [0, 0.05) is 43.7 Å². The lowest BCUT2D eigenvalue weighted by atomic mass is 9.32. The van der Waals surface area contributed by atoms with Gasteiger partial charge in [-0.15, -0.1) is 0 Å². The van der Waals surface area contributed by atoms with E-state index in [1.165, 1.54) is 37.0 Å². The summed E-state index contributed by atoms with van der Waals surface area (Å²) in [6.45, 7) is 22.1. The molecule has 0 bridgehead atoms. The molecule has 1 aliphatic heterocycles. The zero-order valence-corrected chi connectivity index (χ0v) is 28.9. The third-order valence-electron chi connectivity index (χ3n) is 16.0. The molecule has 1 aromatic rings. The van der Waals surface area contributed by atoms with Gasteiger partial charge in [-0.3, -0.25) is 9.59 Å². The van der Waals surface area contributed by atoms with Crippen LogP contribution >= 0.6 is 0 Å². The van der Waals surface area contributed by atoms with Crippen molar-refractivity contribution in [1.29, 1.82) is 0 Å². The number of rotatable bonds is 3. The van der Waals surface area contributed by atoms with Crippen LogP contribution in [0, 0.1) is 62.5 Å². The second kappa shape index (κ2) is 10.4. The number of nitrogens with zero attached hydrogens (tertiary/aromatic N) is 2. The van der Waals surface area contributed by atoms with Crippen LogP contribution < -0.4 is 4.90 Å². The Hall–Kier alpha value is -2.17. The van der Waals surface area contributed by atoms with Gasteiger partial charge in [0.25, 0.3) is 0 Å². The number of carbonyl (C=O) groups excluding carboxylic acids is 2. The summed E-state index contributed by atoms with van der Waals surface area (Å²) in [6.07, 6.45) is 10.8. The van der Waals surface area contributed by atoms with E-state index in [0.717, 1.165) is 76.8 Å². The minimum Gasteiger partial charge on any atom is -0.368 e. The van der Waals surface area contributed by atoms with E-state index in [4.69, 9.17) is 0 Å². The summed E-state index contributed by atoms with van der Waals surface area (Å²) in [5.41, 5.74) is 2.41. The monoisotopic (exact) mass is 616 g/mol. The first-order valence-corrected chi connectivity index (χ1v) is 18.2. The van der Waals surface area contributed by atoms with Crippen molar-refractivity contribution < 1.29 is 14.0 Å². The predicted octanol–water partition coefficient (Wildman–Crippen LogP) is 8.70. The summed E-state index contributed by atoms with van der Waals surface area (Å²) in [7, 11) is 0.